The third-order valence-electron chi connectivity index (χ3n) is 3.92. The van der Waals surface area contributed by atoms with Gasteiger partial charge in [-0.05, 0) is 70.1 Å². The van der Waals surface area contributed by atoms with Crippen LogP contribution >= 0.6 is 22.6 Å². The number of anilines is 1. The Balaban J connectivity index is 1.61. The number of hydrogen-bond acceptors (Lipinski definition) is 7. The van der Waals surface area contributed by atoms with Crippen LogP contribution in [0.4, 0.5) is 11.5 Å². The van der Waals surface area contributed by atoms with Gasteiger partial charge in [-0.2, -0.15) is 5.10 Å². The number of nitrogens with zero attached hydrogens (tertiary/aromatic N) is 3. The largest absolute Gasteiger partial charge is 0.488 e. The van der Waals surface area contributed by atoms with Crippen molar-refractivity contribution in [2.45, 2.75) is 6.61 Å². The number of aromatic nitrogens is 1. The number of aromatic carboxylic acids is 1. The first kappa shape index (κ1) is 21.2. The summed E-state index contributed by atoms with van der Waals surface area (Å²) in [6.07, 6.45) is 2.96. The molecule has 0 fully saturated rings. The lowest BCUT2D eigenvalue weighted by molar-refractivity contribution is -0.384. The molecule has 0 aliphatic rings. The SMILES string of the molecule is O=C(O)c1ccc(COc2ccc(/C=N\Nc3ncccc3[N+](=O)[O-])cc2I)cc1. The van der Waals surface area contributed by atoms with E-state index in [2.05, 4.69) is 38.1 Å². The van der Waals surface area contributed by atoms with E-state index in [1.165, 1.54) is 36.7 Å². The molecule has 1 aromatic heterocycles. The summed E-state index contributed by atoms with van der Waals surface area (Å²) in [6, 6.07) is 14.7. The van der Waals surface area contributed by atoms with E-state index >= 15 is 0 Å². The number of hydrogen-bond donors (Lipinski definition) is 2. The average molecular weight is 518 g/mol. The molecule has 9 nitrogen and oxygen atoms in total. The molecule has 30 heavy (non-hydrogen) atoms. The fourth-order valence-corrected chi connectivity index (χ4v) is 3.11. The molecule has 1 heterocycles. The molecular formula is C20H15IN4O5. The zero-order valence-corrected chi connectivity index (χ0v) is 17.5. The van der Waals surface area contributed by atoms with Gasteiger partial charge in [0, 0.05) is 12.3 Å². The maximum atomic E-state index is 11.0. The van der Waals surface area contributed by atoms with Crippen molar-refractivity contribution in [3.05, 3.63) is 91.2 Å². The topological polar surface area (TPSA) is 127 Å². The van der Waals surface area contributed by atoms with Crippen molar-refractivity contribution in [3.63, 3.8) is 0 Å². The Morgan fingerprint density at radius 1 is 1.27 bits per heavy atom. The summed E-state index contributed by atoms with van der Waals surface area (Å²) in [6.45, 7) is 0.300. The number of carbonyl (C=O) groups is 1. The summed E-state index contributed by atoms with van der Waals surface area (Å²) in [7, 11) is 0. The van der Waals surface area contributed by atoms with Crippen LogP contribution in [0.15, 0.2) is 65.9 Å². The van der Waals surface area contributed by atoms with Crippen LogP contribution in [0.3, 0.4) is 0 Å². The summed E-state index contributed by atoms with van der Waals surface area (Å²) in [5.74, 6) is -0.243. The first-order valence-electron chi connectivity index (χ1n) is 8.57. The van der Waals surface area contributed by atoms with E-state index in [0.29, 0.717) is 12.4 Å². The third kappa shape index (κ3) is 5.50. The molecule has 0 radical (unpaired) electrons. The summed E-state index contributed by atoms with van der Waals surface area (Å²) in [4.78, 5) is 25.2. The number of nitro groups is 1. The van der Waals surface area contributed by atoms with Gasteiger partial charge in [-0.25, -0.2) is 9.78 Å². The fraction of sp³-hybridized carbons (Fsp3) is 0.0500. The Labute approximate surface area is 184 Å². The lowest BCUT2D eigenvalue weighted by Gasteiger charge is -2.09. The number of rotatable bonds is 8. The maximum Gasteiger partial charge on any atom is 0.335 e. The number of carboxylic acid groups (broad SMARTS) is 1. The Bertz CT molecular complexity index is 1100. The van der Waals surface area contributed by atoms with Crippen molar-refractivity contribution >= 4 is 46.3 Å². The van der Waals surface area contributed by atoms with Gasteiger partial charge in [0.15, 0.2) is 0 Å². The summed E-state index contributed by atoms with van der Waals surface area (Å²) in [5.41, 5.74) is 4.26. The van der Waals surface area contributed by atoms with Crippen LogP contribution in [0.5, 0.6) is 5.75 Å². The molecule has 152 valence electrons. The van der Waals surface area contributed by atoms with Crippen LogP contribution in [0, 0.1) is 13.7 Å². The number of pyridine rings is 1. The van der Waals surface area contributed by atoms with Crippen LogP contribution in [0.25, 0.3) is 0 Å². The molecule has 0 unspecified atom stereocenters. The summed E-state index contributed by atoms with van der Waals surface area (Å²) >= 11 is 2.13. The minimum atomic E-state index is -0.971. The van der Waals surface area contributed by atoms with Crippen LogP contribution in [-0.4, -0.2) is 27.2 Å². The van der Waals surface area contributed by atoms with Gasteiger partial charge in [-0.1, -0.05) is 12.1 Å². The van der Waals surface area contributed by atoms with Gasteiger partial charge >= 0.3 is 11.7 Å². The number of benzene rings is 2. The molecule has 3 rings (SSSR count). The lowest BCUT2D eigenvalue weighted by Crippen LogP contribution is -2.00. The molecule has 2 aromatic carbocycles. The quantitative estimate of drug-likeness (QED) is 0.197. The molecule has 0 saturated carbocycles. The van der Waals surface area contributed by atoms with Crippen LogP contribution in [0.2, 0.25) is 0 Å². The van der Waals surface area contributed by atoms with E-state index in [9.17, 15) is 14.9 Å². The van der Waals surface area contributed by atoms with Crippen molar-refractivity contribution < 1.29 is 19.6 Å². The van der Waals surface area contributed by atoms with E-state index in [-0.39, 0.29) is 17.1 Å². The number of nitrogens with one attached hydrogen (secondary N) is 1. The minimum Gasteiger partial charge on any atom is -0.488 e. The number of carboxylic acids is 1. The molecule has 0 aliphatic carbocycles. The Morgan fingerprint density at radius 3 is 2.70 bits per heavy atom. The monoisotopic (exact) mass is 518 g/mol. The van der Waals surface area contributed by atoms with Gasteiger partial charge in [-0.3, -0.25) is 15.5 Å². The maximum absolute atomic E-state index is 11.0. The Morgan fingerprint density at radius 2 is 2.03 bits per heavy atom. The highest BCUT2D eigenvalue weighted by atomic mass is 127. The van der Waals surface area contributed by atoms with Crippen molar-refractivity contribution in [3.8, 4) is 5.75 Å². The smallest absolute Gasteiger partial charge is 0.335 e. The second-order valence-electron chi connectivity index (χ2n) is 5.98. The summed E-state index contributed by atoms with van der Waals surface area (Å²) in [5, 5.41) is 23.9. The van der Waals surface area contributed by atoms with Crippen molar-refractivity contribution in [2.75, 3.05) is 5.43 Å². The average Bonchev–Trinajstić information content (AvgIpc) is 2.73. The Kier molecular flexibility index (Phi) is 6.91. The second kappa shape index (κ2) is 9.78. The summed E-state index contributed by atoms with van der Waals surface area (Å²) < 4.78 is 6.64. The zero-order valence-electron chi connectivity index (χ0n) is 15.4. The molecule has 0 amide bonds. The van der Waals surface area contributed by atoms with E-state index < -0.39 is 10.9 Å². The Hall–Kier alpha value is -3.54. The molecule has 0 atom stereocenters. The first-order valence-corrected chi connectivity index (χ1v) is 9.65. The molecule has 0 spiro atoms. The van der Waals surface area contributed by atoms with Gasteiger partial charge in [0.2, 0.25) is 5.82 Å². The number of ether oxygens (including phenoxy) is 1. The van der Waals surface area contributed by atoms with Crippen molar-refractivity contribution in [1.82, 2.24) is 4.98 Å². The predicted molar refractivity (Wildman–Crippen MR) is 119 cm³/mol. The molecule has 3 aromatic rings. The third-order valence-corrected chi connectivity index (χ3v) is 4.76. The van der Waals surface area contributed by atoms with Crippen LogP contribution < -0.4 is 10.2 Å². The van der Waals surface area contributed by atoms with Gasteiger partial charge < -0.3 is 9.84 Å². The molecule has 10 heteroatoms. The number of halogens is 1. The van der Waals surface area contributed by atoms with E-state index in [0.717, 1.165) is 14.7 Å². The molecule has 0 bridgehead atoms. The van der Waals surface area contributed by atoms with Crippen LogP contribution in [-0.2, 0) is 6.61 Å². The lowest BCUT2D eigenvalue weighted by atomic mass is 10.1. The van der Waals surface area contributed by atoms with Gasteiger partial charge in [0.05, 0.1) is 20.3 Å². The van der Waals surface area contributed by atoms with Gasteiger partial charge in [0.25, 0.3) is 0 Å². The highest BCUT2D eigenvalue weighted by Gasteiger charge is 2.13. The molecule has 2 N–H and O–H groups in total. The number of hydrazone groups is 1. The van der Waals surface area contributed by atoms with E-state index in [1.807, 2.05) is 6.07 Å². The van der Waals surface area contributed by atoms with Crippen molar-refractivity contribution in [2.24, 2.45) is 5.10 Å². The second-order valence-corrected chi connectivity index (χ2v) is 7.14. The molecular weight excluding hydrogens is 503 g/mol. The van der Waals surface area contributed by atoms with Crippen LogP contribution in [0.1, 0.15) is 21.5 Å². The van der Waals surface area contributed by atoms with Gasteiger partial charge in [-0.15, -0.1) is 0 Å². The van der Waals surface area contributed by atoms with Crippen molar-refractivity contribution in [1.29, 1.82) is 0 Å². The minimum absolute atomic E-state index is 0.0577. The van der Waals surface area contributed by atoms with Gasteiger partial charge in [0.1, 0.15) is 12.4 Å². The van der Waals surface area contributed by atoms with E-state index in [4.69, 9.17) is 9.84 Å². The predicted octanol–water partition coefficient (Wildman–Crippen LogP) is 4.32. The standard InChI is InChI=1S/C20H15IN4O5/c21-16-10-14(11-23-24-19-17(25(28)29)2-1-9-22-19)5-8-18(16)30-12-13-3-6-15(7-4-13)20(26)27/h1-11H,12H2,(H,22,24)(H,26,27)/b23-11-. The normalized spacial score (nSPS) is 10.7. The first-order chi connectivity index (χ1) is 14.4. The highest BCUT2D eigenvalue weighted by Crippen LogP contribution is 2.23. The zero-order chi connectivity index (χ0) is 21.5. The van der Waals surface area contributed by atoms with E-state index in [1.54, 1.807) is 24.3 Å². The molecule has 0 saturated heterocycles. The molecule has 0 aliphatic heterocycles. The fourth-order valence-electron chi connectivity index (χ4n) is 2.42. The highest BCUT2D eigenvalue weighted by molar-refractivity contribution is 14.1.